The Labute approximate surface area is 202 Å². The molecule has 34 heavy (non-hydrogen) atoms. The van der Waals surface area contributed by atoms with Gasteiger partial charge in [-0.25, -0.2) is 4.39 Å². The molecule has 9 nitrogen and oxygen atoms in total. The normalized spacial score (nSPS) is 12.2. The Balaban J connectivity index is 1.65. The lowest BCUT2D eigenvalue weighted by atomic mass is 10.2. The number of para-hydroxylation sites is 1. The first-order valence-electron chi connectivity index (χ1n) is 9.77. The van der Waals surface area contributed by atoms with Gasteiger partial charge in [-0.15, -0.1) is 10.2 Å². The molecule has 0 radical (unpaired) electrons. The molecule has 1 aromatic carbocycles. The first-order valence-corrected chi connectivity index (χ1v) is 10.5. The molecule has 0 aliphatic rings. The van der Waals surface area contributed by atoms with Crippen LogP contribution < -0.4 is 16.8 Å². The van der Waals surface area contributed by atoms with Crippen molar-refractivity contribution in [2.24, 2.45) is 16.5 Å². The van der Waals surface area contributed by atoms with E-state index in [1.807, 2.05) is 0 Å². The monoisotopic (exact) mass is 498 g/mol. The Bertz CT molecular complexity index is 1440. The van der Waals surface area contributed by atoms with Crippen LogP contribution in [0.2, 0.25) is 10.0 Å². The van der Waals surface area contributed by atoms with Crippen molar-refractivity contribution in [3.05, 3.63) is 81.6 Å². The topological polar surface area (TPSA) is 137 Å². The first kappa shape index (κ1) is 23.1. The van der Waals surface area contributed by atoms with Crippen LogP contribution in [0.5, 0.6) is 0 Å². The maximum Gasteiger partial charge on any atom is 0.266 e. The van der Waals surface area contributed by atoms with Crippen LogP contribution in [0.15, 0.2) is 65.0 Å². The van der Waals surface area contributed by atoms with E-state index >= 15 is 0 Å². The van der Waals surface area contributed by atoms with Crippen LogP contribution in [-0.2, 0) is 4.79 Å². The van der Waals surface area contributed by atoms with Crippen LogP contribution in [0, 0.1) is 12.7 Å². The average molecular weight is 499 g/mol. The van der Waals surface area contributed by atoms with Gasteiger partial charge in [0.15, 0.2) is 11.5 Å². The van der Waals surface area contributed by atoms with Crippen LogP contribution in [0.25, 0.3) is 17.2 Å². The van der Waals surface area contributed by atoms with Gasteiger partial charge in [0.2, 0.25) is 0 Å². The highest BCUT2D eigenvalue weighted by Gasteiger charge is 2.14. The Morgan fingerprint density at radius 3 is 2.50 bits per heavy atom. The quantitative estimate of drug-likeness (QED) is 0.271. The largest absolute Gasteiger partial charge is 0.393 e. The molecular formula is C22H17Cl2FN8O. The number of nitrogens with zero attached hydrogens (tertiary/aromatic N) is 5. The zero-order valence-corrected chi connectivity index (χ0v) is 19.1. The standard InChI is InChI=1S/C22H17Cl2FN8O/c1-11-15(25)6-8-18-31-32-22(33(11)18)16-7-5-12(9-28-16)30-17(19(26)21(27)34)10-29-20-13(23)3-2-4-14(20)24/h2-10,30H,26H2,1H3,(H2,27,34). The number of allylic oxidation sites excluding steroid dienone is 1. The predicted octanol–water partition coefficient (Wildman–Crippen LogP) is 4.02. The van der Waals surface area contributed by atoms with Gasteiger partial charge in [-0.2, -0.15) is 0 Å². The molecule has 1 amide bonds. The number of fused-ring (bicyclic) bond motifs is 1. The van der Waals surface area contributed by atoms with E-state index in [0.717, 1.165) is 0 Å². The van der Waals surface area contributed by atoms with Crippen LogP contribution >= 0.6 is 23.2 Å². The van der Waals surface area contributed by atoms with Crippen LogP contribution in [0.1, 0.15) is 5.69 Å². The zero-order chi connectivity index (χ0) is 24.4. The lowest BCUT2D eigenvalue weighted by Gasteiger charge is -2.10. The lowest BCUT2D eigenvalue weighted by Crippen LogP contribution is -2.25. The van der Waals surface area contributed by atoms with Gasteiger partial charge >= 0.3 is 0 Å². The molecule has 0 unspecified atom stereocenters. The molecule has 4 rings (SSSR count). The number of pyridine rings is 2. The first-order chi connectivity index (χ1) is 16.3. The number of hydrogen-bond acceptors (Lipinski definition) is 7. The summed E-state index contributed by atoms with van der Waals surface area (Å²) in [5.74, 6) is -0.862. The maximum atomic E-state index is 14.0. The summed E-state index contributed by atoms with van der Waals surface area (Å²) in [6.07, 6.45) is 2.77. The number of halogens is 3. The summed E-state index contributed by atoms with van der Waals surface area (Å²) in [6.45, 7) is 1.62. The van der Waals surface area contributed by atoms with E-state index in [1.54, 1.807) is 41.7 Å². The number of nitrogens with one attached hydrogen (secondary N) is 1. The van der Waals surface area contributed by atoms with Crippen molar-refractivity contribution >= 4 is 52.3 Å². The van der Waals surface area contributed by atoms with Crippen LogP contribution in [-0.4, -0.2) is 31.7 Å². The van der Waals surface area contributed by atoms with Crippen molar-refractivity contribution in [1.82, 2.24) is 19.6 Å². The number of benzene rings is 1. The molecule has 3 aromatic heterocycles. The summed E-state index contributed by atoms with van der Waals surface area (Å²) in [7, 11) is 0. The fourth-order valence-corrected chi connectivity index (χ4v) is 3.57. The summed E-state index contributed by atoms with van der Waals surface area (Å²) in [5.41, 5.74) is 13.1. The second kappa shape index (κ2) is 9.46. The van der Waals surface area contributed by atoms with Gasteiger partial charge in [0.25, 0.3) is 5.91 Å². The Kier molecular flexibility index (Phi) is 6.44. The molecule has 172 valence electrons. The van der Waals surface area contributed by atoms with Crippen molar-refractivity contribution in [2.75, 3.05) is 5.32 Å². The second-order valence-corrected chi connectivity index (χ2v) is 7.88. The number of carbonyl (C=O) groups is 1. The van der Waals surface area contributed by atoms with E-state index in [2.05, 4.69) is 25.5 Å². The number of aryl methyl sites for hydroxylation is 1. The number of aliphatic imine (C=N–C) groups is 1. The second-order valence-electron chi connectivity index (χ2n) is 7.06. The average Bonchev–Trinajstić information content (AvgIpc) is 3.25. The molecule has 4 aromatic rings. The van der Waals surface area contributed by atoms with Gasteiger partial charge in [-0.1, -0.05) is 29.3 Å². The number of nitrogens with two attached hydrogens (primary N) is 2. The third-order valence-electron chi connectivity index (χ3n) is 4.84. The maximum absolute atomic E-state index is 14.0. The van der Waals surface area contributed by atoms with E-state index in [4.69, 9.17) is 34.7 Å². The molecule has 0 fully saturated rings. The summed E-state index contributed by atoms with van der Waals surface area (Å²) in [6, 6.07) is 11.1. The molecule has 0 bridgehead atoms. The molecule has 0 aliphatic heterocycles. The number of carbonyl (C=O) groups excluding carboxylic acids is 1. The van der Waals surface area contributed by atoms with E-state index < -0.39 is 5.91 Å². The number of rotatable bonds is 6. The Hall–Kier alpha value is -4.02. The highest BCUT2D eigenvalue weighted by molar-refractivity contribution is 6.38. The van der Waals surface area contributed by atoms with Gasteiger partial charge in [0.05, 0.1) is 39.5 Å². The fourth-order valence-electron chi connectivity index (χ4n) is 3.07. The Morgan fingerprint density at radius 2 is 1.85 bits per heavy atom. The molecule has 12 heteroatoms. The van der Waals surface area contributed by atoms with Gasteiger partial charge in [0, 0.05) is 0 Å². The summed E-state index contributed by atoms with van der Waals surface area (Å²) >= 11 is 12.3. The molecule has 0 saturated carbocycles. The Morgan fingerprint density at radius 1 is 1.12 bits per heavy atom. The van der Waals surface area contributed by atoms with Crippen LogP contribution in [0.3, 0.4) is 0 Å². The van der Waals surface area contributed by atoms with Crippen molar-refractivity contribution in [3.8, 4) is 11.5 Å². The van der Waals surface area contributed by atoms with E-state index in [0.29, 0.717) is 44.3 Å². The highest BCUT2D eigenvalue weighted by atomic mass is 35.5. The lowest BCUT2D eigenvalue weighted by molar-refractivity contribution is -0.114. The molecular weight excluding hydrogens is 482 g/mol. The van der Waals surface area contributed by atoms with E-state index in [-0.39, 0.29) is 17.2 Å². The van der Waals surface area contributed by atoms with Crippen molar-refractivity contribution in [1.29, 1.82) is 0 Å². The van der Waals surface area contributed by atoms with E-state index in [9.17, 15) is 9.18 Å². The highest BCUT2D eigenvalue weighted by Crippen LogP contribution is 2.32. The molecule has 5 N–H and O–H groups in total. The summed E-state index contributed by atoms with van der Waals surface area (Å²) in [5, 5.41) is 11.8. The molecule has 3 heterocycles. The van der Waals surface area contributed by atoms with Crippen molar-refractivity contribution in [3.63, 3.8) is 0 Å². The number of aromatic nitrogens is 4. The van der Waals surface area contributed by atoms with Gasteiger partial charge in [-0.05, 0) is 43.3 Å². The van der Waals surface area contributed by atoms with Crippen LogP contribution in [0.4, 0.5) is 15.8 Å². The van der Waals surface area contributed by atoms with Crippen molar-refractivity contribution < 1.29 is 9.18 Å². The third kappa shape index (κ3) is 4.54. The van der Waals surface area contributed by atoms with Gasteiger partial charge in [-0.3, -0.25) is 19.2 Å². The molecule has 0 atom stereocenters. The minimum Gasteiger partial charge on any atom is -0.393 e. The third-order valence-corrected chi connectivity index (χ3v) is 5.45. The SMILES string of the molecule is Cc1c(F)ccc2nnc(-c3ccc(NC(C=Nc4c(Cl)cccc4Cl)=C(N)C(N)=O)cn3)n12. The number of anilines is 1. The minimum absolute atomic E-state index is 0.115. The summed E-state index contributed by atoms with van der Waals surface area (Å²) in [4.78, 5) is 20.3. The summed E-state index contributed by atoms with van der Waals surface area (Å²) < 4.78 is 15.6. The number of primary amides is 1. The molecule has 0 spiro atoms. The number of hydrogen-bond donors (Lipinski definition) is 3. The van der Waals surface area contributed by atoms with Gasteiger partial charge < -0.3 is 16.8 Å². The fraction of sp³-hybridized carbons (Fsp3) is 0.0455. The zero-order valence-electron chi connectivity index (χ0n) is 17.6. The van der Waals surface area contributed by atoms with Gasteiger partial charge in [0.1, 0.15) is 22.9 Å². The predicted molar refractivity (Wildman–Crippen MR) is 130 cm³/mol. The smallest absolute Gasteiger partial charge is 0.266 e. The molecule has 0 saturated heterocycles. The molecule has 0 aliphatic carbocycles. The number of amides is 1. The minimum atomic E-state index is -0.851. The van der Waals surface area contributed by atoms with Crippen molar-refractivity contribution in [2.45, 2.75) is 6.92 Å². The van der Waals surface area contributed by atoms with E-state index in [1.165, 1.54) is 24.5 Å².